The van der Waals surface area contributed by atoms with E-state index < -0.39 is 0 Å². The largest absolute Gasteiger partial charge is 0.291 e. The Morgan fingerprint density at radius 2 is 2.00 bits per heavy atom. The van der Waals surface area contributed by atoms with Gasteiger partial charge in [0.1, 0.15) is 4.99 Å². The summed E-state index contributed by atoms with van der Waals surface area (Å²) in [5, 5.41) is 8.38. The van der Waals surface area contributed by atoms with Crippen molar-refractivity contribution in [2.24, 2.45) is 5.92 Å². The molecule has 0 atom stereocenters. The van der Waals surface area contributed by atoms with Crippen LogP contribution in [0.5, 0.6) is 0 Å². The van der Waals surface area contributed by atoms with Gasteiger partial charge >= 0.3 is 0 Å². The first kappa shape index (κ1) is 8.85. The summed E-state index contributed by atoms with van der Waals surface area (Å²) in [5.41, 5.74) is 2.00. The smallest absolute Gasteiger partial charge is 0.103 e. The first-order valence-corrected chi connectivity index (χ1v) is 3.61. The summed E-state index contributed by atoms with van der Waals surface area (Å²) in [5.74, 6) is 0.338. The van der Waals surface area contributed by atoms with Crippen LogP contribution in [0.1, 0.15) is 26.7 Å². The van der Waals surface area contributed by atoms with E-state index >= 15 is 0 Å². The third-order valence-electron chi connectivity index (χ3n) is 1.47. The minimum Gasteiger partial charge on any atom is -0.291 e. The number of hydroxylamine groups is 1. The van der Waals surface area contributed by atoms with E-state index in [9.17, 15) is 0 Å². The summed E-state index contributed by atoms with van der Waals surface area (Å²) < 4.78 is 0. The molecule has 54 valence electrons. The maximum Gasteiger partial charge on any atom is 0.103 e. The van der Waals surface area contributed by atoms with Gasteiger partial charge < -0.3 is 0 Å². The fourth-order valence-corrected chi connectivity index (χ4v) is 1.08. The molecular weight excluding hydrogens is 134 g/mol. The predicted molar refractivity (Wildman–Crippen MR) is 41.6 cm³/mol. The number of hydrogen-bond acceptors (Lipinski definition) is 2. The highest BCUT2D eigenvalue weighted by Crippen LogP contribution is 2.07. The van der Waals surface area contributed by atoms with Crippen LogP contribution >= 0.6 is 12.2 Å². The van der Waals surface area contributed by atoms with Gasteiger partial charge in [-0.05, 0) is 12.8 Å². The summed E-state index contributed by atoms with van der Waals surface area (Å²) in [4.78, 5) is 0.556. The van der Waals surface area contributed by atoms with Gasteiger partial charge in [0.2, 0.25) is 0 Å². The van der Waals surface area contributed by atoms with Crippen molar-refractivity contribution in [3.8, 4) is 0 Å². The van der Waals surface area contributed by atoms with Gasteiger partial charge in [-0.1, -0.05) is 26.1 Å². The van der Waals surface area contributed by atoms with E-state index in [1.54, 1.807) is 0 Å². The van der Waals surface area contributed by atoms with Gasteiger partial charge in [0.25, 0.3) is 0 Å². The van der Waals surface area contributed by atoms with E-state index in [-0.39, 0.29) is 0 Å². The number of rotatable bonds is 3. The van der Waals surface area contributed by atoms with Gasteiger partial charge in [-0.15, -0.1) is 0 Å². The van der Waals surface area contributed by atoms with E-state index in [0.717, 1.165) is 12.8 Å². The van der Waals surface area contributed by atoms with Crippen molar-refractivity contribution in [3.63, 3.8) is 0 Å². The van der Waals surface area contributed by atoms with E-state index in [4.69, 9.17) is 17.4 Å². The molecule has 0 unspecified atom stereocenters. The molecule has 0 fully saturated rings. The SMILES string of the molecule is CCC(CC)C(=S)NO. The van der Waals surface area contributed by atoms with E-state index in [1.807, 2.05) is 5.48 Å². The molecule has 2 N–H and O–H groups in total. The molecule has 0 aromatic rings. The highest BCUT2D eigenvalue weighted by atomic mass is 32.1. The van der Waals surface area contributed by atoms with Crippen LogP contribution in [-0.2, 0) is 0 Å². The van der Waals surface area contributed by atoms with Crippen molar-refractivity contribution in [2.45, 2.75) is 26.7 Å². The fraction of sp³-hybridized carbons (Fsp3) is 0.833. The second-order valence-electron chi connectivity index (χ2n) is 1.99. The van der Waals surface area contributed by atoms with Gasteiger partial charge in [-0.2, -0.15) is 0 Å². The molecule has 0 aliphatic heterocycles. The summed E-state index contributed by atoms with van der Waals surface area (Å²) in [7, 11) is 0. The Bertz CT molecular complexity index is 91.1. The Morgan fingerprint density at radius 1 is 1.56 bits per heavy atom. The molecule has 0 aromatic carbocycles. The van der Waals surface area contributed by atoms with Crippen LogP contribution in [0.25, 0.3) is 0 Å². The lowest BCUT2D eigenvalue weighted by molar-refractivity contribution is 0.229. The number of hydrogen-bond donors (Lipinski definition) is 2. The van der Waals surface area contributed by atoms with Gasteiger partial charge in [0.15, 0.2) is 0 Å². The Hall–Kier alpha value is -0.150. The van der Waals surface area contributed by atoms with Crippen LogP contribution in [0.15, 0.2) is 0 Å². The summed E-state index contributed by atoms with van der Waals surface area (Å²) in [6.45, 7) is 4.11. The summed E-state index contributed by atoms with van der Waals surface area (Å²) in [6, 6.07) is 0. The normalized spacial score (nSPS) is 9.78. The van der Waals surface area contributed by atoms with E-state index in [1.165, 1.54) is 0 Å². The third kappa shape index (κ3) is 2.77. The number of nitrogens with one attached hydrogen (secondary N) is 1. The lowest BCUT2D eigenvalue weighted by Gasteiger charge is -2.10. The Labute approximate surface area is 61.2 Å². The molecule has 0 rings (SSSR count). The average molecular weight is 147 g/mol. The molecule has 0 saturated heterocycles. The molecule has 0 aromatic heterocycles. The maximum atomic E-state index is 8.38. The van der Waals surface area contributed by atoms with Crippen molar-refractivity contribution in [1.29, 1.82) is 0 Å². The standard InChI is InChI=1S/C6H13NOS/c1-3-5(4-2)6(9)7-8/h5,8H,3-4H2,1-2H3,(H,7,9). The van der Waals surface area contributed by atoms with Crippen LogP contribution in [0, 0.1) is 5.92 Å². The second kappa shape index (κ2) is 4.70. The van der Waals surface area contributed by atoms with Crippen LogP contribution in [-0.4, -0.2) is 10.2 Å². The first-order chi connectivity index (χ1) is 4.26. The average Bonchev–Trinajstić information content (AvgIpc) is 1.90. The third-order valence-corrected chi connectivity index (χ3v) is 1.89. The van der Waals surface area contributed by atoms with Crippen molar-refractivity contribution in [2.75, 3.05) is 0 Å². The lowest BCUT2D eigenvalue weighted by atomic mass is 10.0. The van der Waals surface area contributed by atoms with Crippen LogP contribution in [0.4, 0.5) is 0 Å². The molecule has 0 bridgehead atoms. The molecule has 0 saturated carbocycles. The lowest BCUT2D eigenvalue weighted by Crippen LogP contribution is -2.24. The molecule has 0 heterocycles. The molecule has 0 aliphatic carbocycles. The molecule has 0 amide bonds. The van der Waals surface area contributed by atoms with Gasteiger partial charge in [-0.3, -0.25) is 10.7 Å². The molecule has 0 aliphatic rings. The maximum absolute atomic E-state index is 8.38. The molecular formula is C6H13NOS. The van der Waals surface area contributed by atoms with E-state index in [2.05, 4.69) is 13.8 Å². The molecule has 2 nitrogen and oxygen atoms in total. The van der Waals surface area contributed by atoms with Crippen molar-refractivity contribution >= 4 is 17.2 Å². The second-order valence-corrected chi connectivity index (χ2v) is 2.43. The highest BCUT2D eigenvalue weighted by Gasteiger charge is 2.07. The Kier molecular flexibility index (Phi) is 4.62. The van der Waals surface area contributed by atoms with Gasteiger partial charge in [0.05, 0.1) is 0 Å². The Balaban J connectivity index is 3.64. The van der Waals surface area contributed by atoms with Crippen LogP contribution in [0.2, 0.25) is 0 Å². The molecule has 0 radical (unpaired) electrons. The van der Waals surface area contributed by atoms with Crippen molar-refractivity contribution < 1.29 is 5.21 Å². The Morgan fingerprint density at radius 3 is 2.11 bits per heavy atom. The first-order valence-electron chi connectivity index (χ1n) is 3.20. The van der Waals surface area contributed by atoms with Crippen molar-refractivity contribution in [1.82, 2.24) is 5.48 Å². The van der Waals surface area contributed by atoms with E-state index in [0.29, 0.717) is 10.9 Å². The number of thiocarbonyl (C=S) groups is 1. The van der Waals surface area contributed by atoms with Gasteiger partial charge in [0, 0.05) is 5.92 Å². The minimum atomic E-state index is 0.338. The van der Waals surface area contributed by atoms with Crippen molar-refractivity contribution in [3.05, 3.63) is 0 Å². The minimum absolute atomic E-state index is 0.338. The molecule has 9 heavy (non-hydrogen) atoms. The zero-order valence-corrected chi connectivity index (χ0v) is 6.66. The molecule has 3 heteroatoms. The quantitative estimate of drug-likeness (QED) is 0.471. The summed E-state index contributed by atoms with van der Waals surface area (Å²) in [6.07, 6.45) is 1.98. The topological polar surface area (TPSA) is 32.3 Å². The van der Waals surface area contributed by atoms with Crippen LogP contribution < -0.4 is 5.48 Å². The summed E-state index contributed by atoms with van der Waals surface area (Å²) >= 11 is 4.81. The monoisotopic (exact) mass is 147 g/mol. The highest BCUT2D eigenvalue weighted by molar-refractivity contribution is 7.80. The molecule has 0 spiro atoms. The van der Waals surface area contributed by atoms with Crippen LogP contribution in [0.3, 0.4) is 0 Å². The zero-order valence-electron chi connectivity index (χ0n) is 5.85. The zero-order chi connectivity index (χ0) is 7.28. The van der Waals surface area contributed by atoms with Gasteiger partial charge in [-0.25, -0.2) is 0 Å². The fourth-order valence-electron chi connectivity index (χ4n) is 0.751. The predicted octanol–water partition coefficient (Wildman–Crippen LogP) is 1.73.